The van der Waals surface area contributed by atoms with Crippen molar-refractivity contribution in [2.24, 2.45) is 5.92 Å². The summed E-state index contributed by atoms with van der Waals surface area (Å²) in [6.45, 7) is 4.36. The number of aromatic nitrogens is 3. The number of nitrogens with one attached hydrogen (secondary N) is 1. The Labute approximate surface area is 185 Å². The Morgan fingerprint density at radius 3 is 2.68 bits per heavy atom. The molecule has 0 aliphatic rings. The van der Waals surface area contributed by atoms with Crippen LogP contribution in [0.5, 0.6) is 11.5 Å². The minimum Gasteiger partial charge on any atom is -0.457 e. The van der Waals surface area contributed by atoms with Crippen LogP contribution in [0.25, 0.3) is 21.5 Å². The number of anilines is 2. The van der Waals surface area contributed by atoms with Gasteiger partial charge in [0.25, 0.3) is 0 Å². The summed E-state index contributed by atoms with van der Waals surface area (Å²) in [7, 11) is 0. The summed E-state index contributed by atoms with van der Waals surface area (Å²) in [5.74, 6) is 2.36. The van der Waals surface area contributed by atoms with Gasteiger partial charge in [0, 0.05) is 30.1 Å². The third-order valence-electron chi connectivity index (χ3n) is 4.71. The van der Waals surface area contributed by atoms with Crippen molar-refractivity contribution in [3.8, 4) is 22.8 Å². The van der Waals surface area contributed by atoms with Crippen LogP contribution in [-0.4, -0.2) is 32.7 Å². The van der Waals surface area contributed by atoms with Crippen molar-refractivity contribution in [1.29, 1.82) is 0 Å². The average Bonchev–Trinajstić information content (AvgIpc) is 3.15. The van der Waals surface area contributed by atoms with Crippen LogP contribution in [0, 0.1) is 5.92 Å². The molecular weight excluding hydrogens is 410 g/mol. The zero-order chi connectivity index (χ0) is 21.8. The molecule has 0 bridgehead atoms. The third-order valence-corrected chi connectivity index (χ3v) is 5.66. The molecule has 0 saturated carbocycles. The number of hydrogen-bond donors (Lipinski definition) is 3. The molecule has 7 nitrogen and oxygen atoms in total. The average molecular weight is 436 g/mol. The molecule has 160 valence electrons. The first-order chi connectivity index (χ1) is 15.0. The van der Waals surface area contributed by atoms with E-state index in [1.54, 1.807) is 29.8 Å². The summed E-state index contributed by atoms with van der Waals surface area (Å²) < 4.78 is 7.08. The van der Waals surface area contributed by atoms with Crippen molar-refractivity contribution in [1.82, 2.24) is 15.0 Å². The maximum Gasteiger partial charge on any atom is 0.184 e. The number of fused-ring (bicyclic) bond motifs is 1. The number of aliphatic hydroxyl groups is 1. The van der Waals surface area contributed by atoms with Crippen LogP contribution in [-0.2, 0) is 0 Å². The number of nitrogen functional groups attached to an aromatic ring is 1. The zero-order valence-electron chi connectivity index (χ0n) is 17.4. The Morgan fingerprint density at radius 1 is 1.10 bits per heavy atom. The van der Waals surface area contributed by atoms with Crippen molar-refractivity contribution in [2.75, 3.05) is 17.7 Å². The third kappa shape index (κ3) is 5.28. The van der Waals surface area contributed by atoms with Crippen LogP contribution >= 0.6 is 11.3 Å². The Kier molecular flexibility index (Phi) is 6.29. The summed E-state index contributed by atoms with van der Waals surface area (Å²) in [5.41, 5.74) is 8.18. The van der Waals surface area contributed by atoms with Crippen LogP contribution in [0.1, 0.15) is 20.3 Å². The minimum atomic E-state index is -0.00523. The first-order valence-electron chi connectivity index (χ1n) is 10.1. The number of aliphatic hydroxyl groups excluding tert-OH is 1. The molecule has 0 saturated heterocycles. The fourth-order valence-corrected chi connectivity index (χ4v) is 4.25. The highest BCUT2D eigenvalue weighted by Gasteiger charge is 2.13. The number of nitrogens with two attached hydrogens (primary N) is 1. The molecule has 0 aliphatic carbocycles. The number of thiazole rings is 1. The van der Waals surface area contributed by atoms with Crippen molar-refractivity contribution in [3.05, 3.63) is 54.9 Å². The van der Waals surface area contributed by atoms with E-state index >= 15 is 0 Å². The molecule has 4 N–H and O–H groups in total. The lowest BCUT2D eigenvalue weighted by atomic mass is 10.0. The lowest BCUT2D eigenvalue weighted by Crippen LogP contribution is -2.25. The van der Waals surface area contributed by atoms with Crippen LogP contribution in [0.3, 0.4) is 0 Å². The van der Waals surface area contributed by atoms with Crippen LogP contribution < -0.4 is 15.8 Å². The van der Waals surface area contributed by atoms with Crippen molar-refractivity contribution in [3.63, 3.8) is 0 Å². The van der Waals surface area contributed by atoms with Gasteiger partial charge in [0.05, 0.1) is 28.6 Å². The Hall–Kier alpha value is -3.23. The van der Waals surface area contributed by atoms with Gasteiger partial charge in [-0.15, -0.1) is 0 Å². The molecule has 8 heteroatoms. The lowest BCUT2D eigenvalue weighted by molar-refractivity contribution is 0.259. The largest absolute Gasteiger partial charge is 0.457 e. The fraction of sp³-hybridized carbons (Fsp3) is 0.261. The van der Waals surface area contributed by atoms with E-state index in [-0.39, 0.29) is 12.6 Å². The van der Waals surface area contributed by atoms with E-state index in [0.29, 0.717) is 17.5 Å². The molecule has 0 spiro atoms. The number of rotatable bonds is 8. The van der Waals surface area contributed by atoms with Crippen molar-refractivity contribution >= 4 is 32.5 Å². The van der Waals surface area contributed by atoms with Gasteiger partial charge in [0.1, 0.15) is 17.3 Å². The van der Waals surface area contributed by atoms with Crippen LogP contribution in [0.2, 0.25) is 0 Å². The molecule has 0 radical (unpaired) electrons. The highest BCUT2D eigenvalue weighted by atomic mass is 32.1. The van der Waals surface area contributed by atoms with Crippen LogP contribution in [0.4, 0.5) is 10.9 Å². The van der Waals surface area contributed by atoms with E-state index in [0.717, 1.165) is 38.8 Å². The Morgan fingerprint density at radius 2 is 1.94 bits per heavy atom. The van der Waals surface area contributed by atoms with Gasteiger partial charge in [0.15, 0.2) is 5.13 Å². The number of nitrogens with zero attached hydrogens (tertiary/aromatic N) is 3. The number of ether oxygens (including phenoxy) is 1. The van der Waals surface area contributed by atoms with Gasteiger partial charge in [-0.25, -0.2) is 9.97 Å². The van der Waals surface area contributed by atoms with E-state index in [1.807, 2.05) is 36.4 Å². The Bertz CT molecular complexity index is 1160. The molecule has 1 aromatic carbocycles. The molecule has 4 rings (SSSR count). The zero-order valence-corrected chi connectivity index (χ0v) is 18.3. The molecule has 0 fully saturated rings. The van der Waals surface area contributed by atoms with Gasteiger partial charge in [-0.2, -0.15) is 0 Å². The number of pyridine rings is 2. The maximum atomic E-state index is 9.62. The molecule has 0 amide bonds. The summed E-state index contributed by atoms with van der Waals surface area (Å²) >= 11 is 1.55. The predicted molar refractivity (Wildman–Crippen MR) is 126 cm³/mol. The molecular formula is C23H25N5O2S. The molecule has 3 heterocycles. The van der Waals surface area contributed by atoms with Gasteiger partial charge in [-0.05, 0) is 42.7 Å². The number of benzene rings is 1. The van der Waals surface area contributed by atoms with Crippen molar-refractivity contribution < 1.29 is 9.84 Å². The highest BCUT2D eigenvalue weighted by Crippen LogP contribution is 2.32. The second kappa shape index (κ2) is 9.28. The molecule has 31 heavy (non-hydrogen) atoms. The molecule has 4 aromatic rings. The maximum absolute atomic E-state index is 9.62. The first-order valence-corrected chi connectivity index (χ1v) is 11.0. The van der Waals surface area contributed by atoms with Gasteiger partial charge in [0.2, 0.25) is 0 Å². The summed E-state index contributed by atoms with van der Waals surface area (Å²) in [5, 5.41) is 13.8. The highest BCUT2D eigenvalue weighted by molar-refractivity contribution is 7.22. The number of hydrogen-bond acceptors (Lipinski definition) is 8. The van der Waals surface area contributed by atoms with Gasteiger partial charge < -0.3 is 20.9 Å². The first kappa shape index (κ1) is 21.0. The fourth-order valence-electron chi connectivity index (χ4n) is 3.28. The quantitative estimate of drug-likeness (QED) is 0.360. The SMILES string of the molecule is CC(C)C[C@H](CO)Nc1nc2ccc(Oc3ccnc(-c4ccc(N)nc4)c3)cc2s1. The van der Waals surface area contributed by atoms with Crippen LogP contribution in [0.15, 0.2) is 54.9 Å². The molecule has 3 aromatic heterocycles. The van der Waals surface area contributed by atoms with E-state index in [1.165, 1.54) is 0 Å². The summed E-state index contributed by atoms with van der Waals surface area (Å²) in [4.78, 5) is 13.1. The smallest absolute Gasteiger partial charge is 0.184 e. The van der Waals surface area contributed by atoms with Gasteiger partial charge >= 0.3 is 0 Å². The normalized spacial score (nSPS) is 12.3. The molecule has 1 atom stereocenters. The molecule has 0 aliphatic heterocycles. The molecule has 0 unspecified atom stereocenters. The second-order valence-electron chi connectivity index (χ2n) is 7.75. The monoisotopic (exact) mass is 435 g/mol. The topological polar surface area (TPSA) is 106 Å². The van der Waals surface area contributed by atoms with E-state index in [9.17, 15) is 5.11 Å². The minimum absolute atomic E-state index is 0.00523. The lowest BCUT2D eigenvalue weighted by Gasteiger charge is -2.17. The predicted octanol–water partition coefficient (Wildman–Crippen LogP) is 4.95. The Balaban J connectivity index is 1.51. The standard InChI is InChI=1S/C23H25N5O2S/c1-14(2)9-16(13-29)27-23-28-19-5-4-17(11-21(19)31-23)30-18-7-8-25-20(10-18)15-3-6-22(24)26-12-15/h3-8,10-12,14,16,29H,9,13H2,1-2H3,(H2,24,26)(H,27,28)/t16-/m1/s1. The summed E-state index contributed by atoms with van der Waals surface area (Å²) in [6, 6.07) is 13.1. The van der Waals surface area contributed by atoms with E-state index < -0.39 is 0 Å². The van der Waals surface area contributed by atoms with Crippen molar-refractivity contribution in [2.45, 2.75) is 26.3 Å². The second-order valence-corrected chi connectivity index (χ2v) is 8.78. The van der Waals surface area contributed by atoms with E-state index in [2.05, 4.69) is 34.1 Å². The van der Waals surface area contributed by atoms with E-state index in [4.69, 9.17) is 10.5 Å². The summed E-state index contributed by atoms with van der Waals surface area (Å²) in [6.07, 6.45) is 4.28. The van der Waals surface area contributed by atoms with Gasteiger partial charge in [-0.1, -0.05) is 25.2 Å². The van der Waals surface area contributed by atoms with Gasteiger partial charge in [-0.3, -0.25) is 4.98 Å².